The molecule has 4 aromatic heterocycles. The fourth-order valence-corrected chi connectivity index (χ4v) is 21.8. The number of hydrogen-bond acceptors (Lipinski definition) is 3. The van der Waals surface area contributed by atoms with Gasteiger partial charge < -0.3 is 8.98 Å². The number of rotatable bonds is 1. The molecule has 0 unspecified atom stereocenters. The van der Waals surface area contributed by atoms with E-state index in [2.05, 4.69) is 206 Å². The van der Waals surface area contributed by atoms with Crippen LogP contribution in [0, 0.1) is 0 Å². The molecule has 0 saturated heterocycles. The lowest BCUT2D eigenvalue weighted by molar-refractivity contribution is 0.646. The number of aromatic nitrogens is 1. The van der Waals surface area contributed by atoms with Gasteiger partial charge in [0, 0.05) is 31.3 Å². The lowest BCUT2D eigenvalue weighted by atomic mass is 9.55. The van der Waals surface area contributed by atoms with Gasteiger partial charge >= 0.3 is 0 Å². The first-order valence-electron chi connectivity index (χ1n) is 21.8. The maximum absolute atomic E-state index is 6.54. The van der Waals surface area contributed by atoms with Crippen molar-refractivity contribution in [3.8, 4) is 5.00 Å². The highest BCUT2D eigenvalue weighted by Gasteiger charge is 2.62. The SMILES string of the molecule is C[Si]1(C)c2ccccc2C2(c3ccccc31)c1cc(-n3c4ccccc4c4c5c(ccc43)oc3ccccc35)sc1C1(c3ccccc3[Si](C)(C)c3ccccc31)c1ccsc12. The van der Waals surface area contributed by atoms with Crippen molar-refractivity contribution >= 4 is 103 Å². The molecule has 296 valence electrons. The maximum Gasteiger partial charge on any atom is 0.136 e. The van der Waals surface area contributed by atoms with E-state index in [1.54, 1.807) is 0 Å². The Kier molecular flexibility index (Phi) is 6.83. The highest BCUT2D eigenvalue weighted by molar-refractivity contribution is 7.15. The van der Waals surface area contributed by atoms with Crippen LogP contribution in [0.4, 0.5) is 0 Å². The monoisotopic (exact) mass is 863 g/mol. The minimum Gasteiger partial charge on any atom is -0.456 e. The summed E-state index contributed by atoms with van der Waals surface area (Å²) < 4.78 is 9.12. The average molecular weight is 864 g/mol. The minimum absolute atomic E-state index is 0.504. The molecule has 0 radical (unpaired) electrons. The number of hydrogen-bond donors (Lipinski definition) is 0. The van der Waals surface area contributed by atoms with Gasteiger partial charge in [0.25, 0.3) is 0 Å². The summed E-state index contributed by atoms with van der Waals surface area (Å²) in [5, 5.41) is 14.7. The van der Waals surface area contributed by atoms with Gasteiger partial charge in [0.05, 0.1) is 21.9 Å². The van der Waals surface area contributed by atoms with Gasteiger partial charge in [0.15, 0.2) is 0 Å². The van der Waals surface area contributed by atoms with Crippen LogP contribution in [0.25, 0.3) is 48.7 Å². The van der Waals surface area contributed by atoms with E-state index in [0.29, 0.717) is 0 Å². The molecule has 6 heteroatoms. The Hall–Kier alpha value is -6.03. The van der Waals surface area contributed by atoms with Crippen molar-refractivity contribution in [1.29, 1.82) is 0 Å². The first kappa shape index (κ1) is 35.6. The molecule has 7 aromatic carbocycles. The van der Waals surface area contributed by atoms with E-state index < -0.39 is 27.0 Å². The molecule has 0 atom stereocenters. The largest absolute Gasteiger partial charge is 0.456 e. The molecule has 2 nitrogen and oxygen atoms in total. The van der Waals surface area contributed by atoms with Crippen LogP contribution in [0.2, 0.25) is 26.2 Å². The van der Waals surface area contributed by atoms with Crippen LogP contribution in [0.3, 0.4) is 0 Å². The second-order valence-electron chi connectivity index (χ2n) is 18.7. The normalized spacial score (nSPS) is 16.9. The third kappa shape index (κ3) is 3.98. The van der Waals surface area contributed by atoms with Gasteiger partial charge in [-0.2, -0.15) is 0 Å². The van der Waals surface area contributed by atoms with Crippen LogP contribution in [0.5, 0.6) is 0 Å². The van der Waals surface area contributed by atoms with Crippen LogP contribution in [-0.2, 0) is 10.8 Å². The molecule has 2 spiro atoms. The molecule has 1 aliphatic carbocycles. The number of benzene rings is 7. The van der Waals surface area contributed by atoms with Crippen molar-refractivity contribution in [2.75, 3.05) is 0 Å². The van der Waals surface area contributed by atoms with Crippen molar-refractivity contribution in [3.63, 3.8) is 0 Å². The molecule has 0 amide bonds. The predicted molar refractivity (Wildman–Crippen MR) is 267 cm³/mol. The summed E-state index contributed by atoms with van der Waals surface area (Å²) in [5.41, 5.74) is 12.0. The van der Waals surface area contributed by atoms with Crippen LogP contribution in [0.15, 0.2) is 180 Å². The predicted octanol–water partition coefficient (Wildman–Crippen LogP) is 12.2. The van der Waals surface area contributed by atoms with E-state index in [4.69, 9.17) is 4.42 Å². The Morgan fingerprint density at radius 2 is 0.952 bits per heavy atom. The first-order chi connectivity index (χ1) is 30.3. The second kappa shape index (κ2) is 11.9. The molecular weight excluding hydrogens is 823 g/mol. The molecule has 2 aliphatic heterocycles. The molecule has 14 rings (SSSR count). The minimum atomic E-state index is -2.11. The second-order valence-corrected chi connectivity index (χ2v) is 29.3. The Balaban J connectivity index is 1.20. The Morgan fingerprint density at radius 1 is 0.435 bits per heavy atom. The fraction of sp³-hybridized carbons (Fsp3) is 0.107. The molecule has 0 saturated carbocycles. The van der Waals surface area contributed by atoms with E-state index in [1.807, 2.05) is 22.7 Å². The van der Waals surface area contributed by atoms with Gasteiger partial charge in [-0.1, -0.05) is 160 Å². The average Bonchev–Trinajstić information content (AvgIpc) is 4.12. The number of para-hydroxylation sites is 2. The van der Waals surface area contributed by atoms with Gasteiger partial charge in [-0.25, -0.2) is 0 Å². The van der Waals surface area contributed by atoms with E-state index in [1.165, 1.54) is 96.1 Å². The Morgan fingerprint density at radius 3 is 1.56 bits per heavy atom. The summed E-state index contributed by atoms with van der Waals surface area (Å²) in [7, 11) is -4.22. The van der Waals surface area contributed by atoms with Gasteiger partial charge in [-0.15, -0.1) is 22.7 Å². The molecule has 0 fully saturated rings. The van der Waals surface area contributed by atoms with E-state index >= 15 is 0 Å². The summed E-state index contributed by atoms with van der Waals surface area (Å²) in [5.74, 6) is 0. The maximum atomic E-state index is 6.54. The molecule has 0 N–H and O–H groups in total. The quantitative estimate of drug-likeness (QED) is 0.150. The van der Waals surface area contributed by atoms with Gasteiger partial charge in [0.2, 0.25) is 0 Å². The van der Waals surface area contributed by atoms with Gasteiger partial charge in [0.1, 0.15) is 32.3 Å². The zero-order chi connectivity index (χ0) is 41.3. The number of nitrogens with zero attached hydrogens (tertiary/aromatic N) is 1. The molecule has 6 heterocycles. The van der Waals surface area contributed by atoms with Crippen LogP contribution in [0.1, 0.15) is 43.1 Å². The standard InChI is InChI=1S/C56H41NOS2Si2/c1-61(2)46-25-13-7-19-36(46)55(37-20-8-14-26-47(37)61)40-31-32-59-53(40)56(38-21-9-15-27-48(38)62(3,4)49-28-16-10-22-39(49)56)41-33-50(60-54(41)55)57-42-23-11-5-17-34(42)51-43(57)29-30-45-52(51)35-18-6-12-24-44(35)58-45/h5-33H,1-4H3. The zero-order valence-electron chi connectivity index (χ0n) is 34.9. The lowest BCUT2D eigenvalue weighted by Gasteiger charge is -2.54. The highest BCUT2D eigenvalue weighted by Crippen LogP contribution is 2.64. The summed E-state index contributed by atoms with van der Waals surface area (Å²) in [6.45, 7) is 10.3. The van der Waals surface area contributed by atoms with Crippen molar-refractivity contribution in [2.24, 2.45) is 0 Å². The van der Waals surface area contributed by atoms with Gasteiger partial charge in [-0.05, 0) is 95.9 Å². The lowest BCUT2D eigenvalue weighted by Crippen LogP contribution is -2.66. The topological polar surface area (TPSA) is 18.1 Å². The van der Waals surface area contributed by atoms with Crippen molar-refractivity contribution in [2.45, 2.75) is 37.0 Å². The molecule has 0 bridgehead atoms. The third-order valence-electron chi connectivity index (χ3n) is 15.3. The van der Waals surface area contributed by atoms with E-state index in [-0.39, 0.29) is 0 Å². The molecule has 11 aromatic rings. The number of furan rings is 1. The summed E-state index contributed by atoms with van der Waals surface area (Å²) in [6, 6.07) is 65.4. The summed E-state index contributed by atoms with van der Waals surface area (Å²) >= 11 is 3.99. The Bertz CT molecular complexity index is 3500. The van der Waals surface area contributed by atoms with Crippen LogP contribution < -0.4 is 20.7 Å². The van der Waals surface area contributed by atoms with Gasteiger partial charge in [-0.3, -0.25) is 0 Å². The smallest absolute Gasteiger partial charge is 0.136 e. The Labute approximate surface area is 370 Å². The first-order valence-corrected chi connectivity index (χ1v) is 29.4. The molecule has 3 aliphatic rings. The molecule has 62 heavy (non-hydrogen) atoms. The van der Waals surface area contributed by atoms with Crippen LogP contribution >= 0.6 is 22.7 Å². The summed E-state index contributed by atoms with van der Waals surface area (Å²) in [4.78, 5) is 2.90. The highest BCUT2D eigenvalue weighted by atomic mass is 32.1. The van der Waals surface area contributed by atoms with E-state index in [0.717, 1.165) is 16.6 Å². The van der Waals surface area contributed by atoms with Crippen LogP contribution in [-0.4, -0.2) is 20.7 Å². The number of thiophene rings is 2. The van der Waals surface area contributed by atoms with Crippen molar-refractivity contribution < 1.29 is 4.42 Å². The van der Waals surface area contributed by atoms with E-state index in [9.17, 15) is 0 Å². The van der Waals surface area contributed by atoms with Crippen molar-refractivity contribution in [3.05, 3.63) is 218 Å². The van der Waals surface area contributed by atoms with Crippen molar-refractivity contribution in [1.82, 2.24) is 4.57 Å². The fourth-order valence-electron chi connectivity index (χ4n) is 12.8. The number of fused-ring (bicyclic) bond motifs is 21. The molecular formula is C56H41NOS2Si2. The summed E-state index contributed by atoms with van der Waals surface area (Å²) in [6.07, 6.45) is 0. The third-order valence-corrected chi connectivity index (χ3v) is 24.7. The zero-order valence-corrected chi connectivity index (χ0v) is 38.5.